The fraction of sp³-hybridized carbons (Fsp3) is 0.923. The molecule has 0 aromatic heterocycles. The van der Waals surface area contributed by atoms with E-state index in [2.05, 4.69) is 24.5 Å². The molecule has 2 N–H and O–H groups in total. The van der Waals surface area contributed by atoms with Gasteiger partial charge in [0.1, 0.15) is 0 Å². The molecule has 0 aromatic rings. The Kier molecular flexibility index (Phi) is 6.52. The van der Waals surface area contributed by atoms with E-state index in [1.807, 2.05) is 0 Å². The number of hydrogen-bond acceptors (Lipinski definition) is 3. The molecule has 4 heteroatoms. The number of carbonyl (C=O) groups is 1. The van der Waals surface area contributed by atoms with Gasteiger partial charge in [-0.05, 0) is 26.2 Å². The molecule has 0 bridgehead atoms. The monoisotopic (exact) mass is 242 g/mol. The first-order chi connectivity index (χ1) is 8.17. The quantitative estimate of drug-likeness (QED) is 0.738. The summed E-state index contributed by atoms with van der Waals surface area (Å²) in [4.78, 5) is 12.1. The van der Waals surface area contributed by atoms with Crippen molar-refractivity contribution in [3.63, 3.8) is 0 Å². The van der Waals surface area contributed by atoms with Gasteiger partial charge in [-0.25, -0.2) is 0 Å². The molecule has 1 fully saturated rings. The summed E-state index contributed by atoms with van der Waals surface area (Å²) in [7, 11) is 1.68. The minimum Gasteiger partial charge on any atom is -0.383 e. The molecule has 100 valence electrons. The van der Waals surface area contributed by atoms with Gasteiger partial charge in [-0.1, -0.05) is 13.3 Å². The summed E-state index contributed by atoms with van der Waals surface area (Å²) in [6.45, 7) is 5.70. The maximum absolute atomic E-state index is 12.1. The van der Waals surface area contributed by atoms with Crippen LogP contribution in [0.4, 0.5) is 0 Å². The lowest BCUT2D eigenvalue weighted by Gasteiger charge is -2.28. The molecule has 1 heterocycles. The van der Waals surface area contributed by atoms with E-state index in [4.69, 9.17) is 4.74 Å². The van der Waals surface area contributed by atoms with Gasteiger partial charge in [-0.2, -0.15) is 0 Å². The van der Waals surface area contributed by atoms with Crippen LogP contribution in [0.25, 0.3) is 0 Å². The van der Waals surface area contributed by atoms with Gasteiger partial charge < -0.3 is 15.4 Å². The van der Waals surface area contributed by atoms with Crippen molar-refractivity contribution in [2.24, 2.45) is 5.92 Å². The van der Waals surface area contributed by atoms with Crippen molar-refractivity contribution in [3.05, 3.63) is 0 Å². The van der Waals surface area contributed by atoms with E-state index in [0.717, 1.165) is 32.2 Å². The third-order valence-electron chi connectivity index (χ3n) is 3.38. The van der Waals surface area contributed by atoms with Crippen LogP contribution in [-0.2, 0) is 9.53 Å². The smallest absolute Gasteiger partial charge is 0.224 e. The van der Waals surface area contributed by atoms with Gasteiger partial charge in [0.25, 0.3) is 0 Å². The summed E-state index contributed by atoms with van der Waals surface area (Å²) in [6.07, 6.45) is 4.12. The predicted octanol–water partition coefficient (Wildman–Crippen LogP) is 1.31. The molecule has 0 saturated carbocycles. The topological polar surface area (TPSA) is 50.4 Å². The summed E-state index contributed by atoms with van der Waals surface area (Å²) in [6, 6.07) is 0.710. The molecule has 1 amide bonds. The van der Waals surface area contributed by atoms with E-state index in [0.29, 0.717) is 12.6 Å². The molecule has 0 aliphatic carbocycles. The summed E-state index contributed by atoms with van der Waals surface area (Å²) >= 11 is 0. The number of carbonyl (C=O) groups excluding carboxylic acids is 1. The first-order valence-electron chi connectivity index (χ1n) is 6.70. The Morgan fingerprint density at radius 1 is 1.53 bits per heavy atom. The third-order valence-corrected chi connectivity index (χ3v) is 3.38. The molecule has 1 rings (SSSR count). The lowest BCUT2D eigenvalue weighted by molar-refractivity contribution is -0.126. The molecular weight excluding hydrogens is 216 g/mol. The highest BCUT2D eigenvalue weighted by atomic mass is 16.5. The maximum atomic E-state index is 12.1. The zero-order valence-corrected chi connectivity index (χ0v) is 11.3. The van der Waals surface area contributed by atoms with Gasteiger partial charge in [0, 0.05) is 19.7 Å². The minimum atomic E-state index is 0.127. The van der Waals surface area contributed by atoms with Crippen molar-refractivity contribution in [2.45, 2.75) is 51.6 Å². The first-order valence-corrected chi connectivity index (χ1v) is 6.70. The van der Waals surface area contributed by atoms with Gasteiger partial charge in [-0.3, -0.25) is 4.79 Å². The average Bonchev–Trinajstić information content (AvgIpc) is 2.30. The Labute approximate surface area is 104 Å². The zero-order valence-electron chi connectivity index (χ0n) is 11.3. The Morgan fingerprint density at radius 2 is 2.29 bits per heavy atom. The number of nitrogens with one attached hydrogen (secondary N) is 2. The maximum Gasteiger partial charge on any atom is 0.224 e. The Morgan fingerprint density at radius 3 is 2.82 bits per heavy atom. The second kappa shape index (κ2) is 7.67. The zero-order chi connectivity index (χ0) is 12.7. The Bertz CT molecular complexity index is 219. The van der Waals surface area contributed by atoms with Crippen molar-refractivity contribution in [2.75, 3.05) is 20.3 Å². The lowest BCUT2D eigenvalue weighted by Crippen LogP contribution is -2.47. The molecule has 1 aliphatic rings. The van der Waals surface area contributed by atoms with Gasteiger partial charge in [0.05, 0.1) is 18.6 Å². The fourth-order valence-electron chi connectivity index (χ4n) is 2.29. The molecule has 1 aliphatic heterocycles. The van der Waals surface area contributed by atoms with Crippen LogP contribution in [0.1, 0.15) is 39.5 Å². The summed E-state index contributed by atoms with van der Waals surface area (Å²) < 4.78 is 5.13. The number of amides is 1. The number of methoxy groups -OCH3 is 1. The van der Waals surface area contributed by atoms with E-state index in [1.54, 1.807) is 7.11 Å². The van der Waals surface area contributed by atoms with Crippen molar-refractivity contribution < 1.29 is 9.53 Å². The summed E-state index contributed by atoms with van der Waals surface area (Å²) in [5.74, 6) is 0.308. The van der Waals surface area contributed by atoms with Crippen LogP contribution in [0, 0.1) is 5.92 Å². The van der Waals surface area contributed by atoms with E-state index in [-0.39, 0.29) is 17.9 Å². The molecule has 17 heavy (non-hydrogen) atoms. The highest BCUT2D eigenvalue weighted by Gasteiger charge is 2.25. The SMILES string of the molecule is CCCC(COC)NC(=O)C1CCC(C)NC1. The van der Waals surface area contributed by atoms with Crippen molar-refractivity contribution >= 4 is 5.91 Å². The summed E-state index contributed by atoms with van der Waals surface area (Å²) in [5.41, 5.74) is 0. The van der Waals surface area contributed by atoms with Crippen LogP contribution >= 0.6 is 0 Å². The van der Waals surface area contributed by atoms with E-state index in [1.165, 1.54) is 0 Å². The number of ether oxygens (including phenoxy) is 1. The molecule has 3 unspecified atom stereocenters. The van der Waals surface area contributed by atoms with E-state index < -0.39 is 0 Å². The van der Waals surface area contributed by atoms with Crippen molar-refractivity contribution in [1.29, 1.82) is 0 Å². The Hall–Kier alpha value is -0.610. The molecule has 0 spiro atoms. The summed E-state index contributed by atoms with van der Waals surface area (Å²) in [5, 5.41) is 6.46. The minimum absolute atomic E-state index is 0.127. The van der Waals surface area contributed by atoms with Gasteiger partial charge >= 0.3 is 0 Å². The van der Waals surface area contributed by atoms with Gasteiger partial charge in [-0.15, -0.1) is 0 Å². The number of rotatable bonds is 6. The third kappa shape index (κ3) is 5.04. The standard InChI is InChI=1S/C13H26N2O2/c1-4-5-12(9-17-3)15-13(16)11-7-6-10(2)14-8-11/h10-12,14H,4-9H2,1-3H3,(H,15,16). The van der Waals surface area contributed by atoms with Crippen LogP contribution in [-0.4, -0.2) is 38.3 Å². The van der Waals surface area contributed by atoms with Crippen LogP contribution in [0.2, 0.25) is 0 Å². The van der Waals surface area contributed by atoms with Crippen LogP contribution in [0.3, 0.4) is 0 Å². The van der Waals surface area contributed by atoms with Gasteiger partial charge in [0.15, 0.2) is 0 Å². The molecule has 3 atom stereocenters. The van der Waals surface area contributed by atoms with Gasteiger partial charge in [0.2, 0.25) is 5.91 Å². The molecule has 0 aromatic carbocycles. The highest BCUT2D eigenvalue weighted by molar-refractivity contribution is 5.79. The van der Waals surface area contributed by atoms with E-state index in [9.17, 15) is 4.79 Å². The largest absolute Gasteiger partial charge is 0.383 e. The van der Waals surface area contributed by atoms with Crippen molar-refractivity contribution in [3.8, 4) is 0 Å². The number of piperidine rings is 1. The lowest BCUT2D eigenvalue weighted by atomic mass is 9.94. The number of hydrogen-bond donors (Lipinski definition) is 2. The normalized spacial score (nSPS) is 26.5. The highest BCUT2D eigenvalue weighted by Crippen LogP contribution is 2.14. The van der Waals surface area contributed by atoms with Crippen molar-refractivity contribution in [1.82, 2.24) is 10.6 Å². The average molecular weight is 242 g/mol. The molecular formula is C13H26N2O2. The van der Waals surface area contributed by atoms with E-state index >= 15 is 0 Å². The fourth-order valence-corrected chi connectivity index (χ4v) is 2.29. The first kappa shape index (κ1) is 14.5. The molecule has 1 saturated heterocycles. The molecule has 4 nitrogen and oxygen atoms in total. The van der Waals surface area contributed by atoms with Crippen LogP contribution in [0.15, 0.2) is 0 Å². The second-order valence-corrected chi connectivity index (χ2v) is 5.03. The predicted molar refractivity (Wildman–Crippen MR) is 68.9 cm³/mol. The van der Waals surface area contributed by atoms with Crippen LogP contribution < -0.4 is 10.6 Å². The molecule has 0 radical (unpaired) electrons. The second-order valence-electron chi connectivity index (χ2n) is 5.03. The van der Waals surface area contributed by atoms with Crippen LogP contribution in [0.5, 0.6) is 0 Å². The Balaban J connectivity index is 2.35.